The Hall–Kier alpha value is -0.300. The molecule has 2 fully saturated rings. The number of alkyl halides is 2. The Bertz CT molecular complexity index is 277. The third kappa shape index (κ3) is 13.5. The molecule has 6 heteroatoms. The van der Waals surface area contributed by atoms with Crippen LogP contribution in [0.4, 0.5) is 8.78 Å². The fraction of sp³-hybridized carbons (Fsp3) is 1.00. The summed E-state index contributed by atoms with van der Waals surface area (Å²) in [6.45, 7) is 15.2. The molecule has 0 aliphatic carbocycles. The highest BCUT2D eigenvalue weighted by atomic mass is 19.3. The highest BCUT2D eigenvalue weighted by Gasteiger charge is 2.34. The lowest BCUT2D eigenvalue weighted by Crippen LogP contribution is -2.37. The maximum Gasteiger partial charge on any atom is 0.272 e. The van der Waals surface area contributed by atoms with Gasteiger partial charge in [0.1, 0.15) is 0 Å². The molecule has 0 aromatic rings. The van der Waals surface area contributed by atoms with Crippen molar-refractivity contribution in [1.82, 2.24) is 19.6 Å². The maximum absolute atomic E-state index is 12.9. The summed E-state index contributed by atoms with van der Waals surface area (Å²) in [5.41, 5.74) is 0. The average Bonchev–Trinajstić information content (AvgIpc) is 2.79. The highest BCUT2D eigenvalue weighted by Crippen LogP contribution is 2.18. The van der Waals surface area contributed by atoms with Crippen molar-refractivity contribution in [2.45, 2.75) is 53.0 Å². The van der Waals surface area contributed by atoms with Gasteiger partial charge < -0.3 is 9.80 Å². The van der Waals surface area contributed by atoms with E-state index in [1.165, 1.54) is 26.1 Å². The second kappa shape index (κ2) is 14.8. The Kier molecular flexibility index (Phi) is 16.0. The van der Waals surface area contributed by atoms with Crippen LogP contribution in [0.3, 0.4) is 0 Å². The van der Waals surface area contributed by atoms with Gasteiger partial charge in [0.05, 0.1) is 13.1 Å². The molecule has 2 heterocycles. The average molecular weight is 367 g/mol. The van der Waals surface area contributed by atoms with Crippen molar-refractivity contribution >= 4 is 0 Å². The third-order valence-corrected chi connectivity index (χ3v) is 4.38. The van der Waals surface area contributed by atoms with E-state index < -0.39 is 5.92 Å². The van der Waals surface area contributed by atoms with E-state index >= 15 is 0 Å². The number of halogens is 2. The van der Waals surface area contributed by atoms with Crippen molar-refractivity contribution in [3.63, 3.8) is 0 Å². The molecule has 0 N–H and O–H groups in total. The Morgan fingerprint density at radius 3 is 1.52 bits per heavy atom. The largest absolute Gasteiger partial charge is 0.305 e. The van der Waals surface area contributed by atoms with Crippen molar-refractivity contribution in [3.8, 4) is 0 Å². The van der Waals surface area contributed by atoms with E-state index in [2.05, 4.69) is 30.8 Å². The Morgan fingerprint density at radius 1 is 0.680 bits per heavy atom. The van der Waals surface area contributed by atoms with Gasteiger partial charge >= 0.3 is 0 Å². The van der Waals surface area contributed by atoms with Gasteiger partial charge in [-0.2, -0.15) is 0 Å². The van der Waals surface area contributed by atoms with Crippen LogP contribution in [0.5, 0.6) is 0 Å². The molecule has 25 heavy (non-hydrogen) atoms. The van der Waals surface area contributed by atoms with Crippen LogP contribution < -0.4 is 0 Å². The van der Waals surface area contributed by atoms with Crippen molar-refractivity contribution in [1.29, 1.82) is 0 Å². The molecule has 2 aliphatic rings. The summed E-state index contributed by atoms with van der Waals surface area (Å²) < 4.78 is 25.8. The number of rotatable bonds is 0. The molecule has 0 amide bonds. The fourth-order valence-corrected chi connectivity index (χ4v) is 2.63. The number of likely N-dealkylation sites (N-methyl/N-ethyl adjacent to an activating group) is 4. The minimum Gasteiger partial charge on any atom is -0.305 e. The summed E-state index contributed by atoms with van der Waals surface area (Å²) in [6.07, 6.45) is 1.31. The first-order valence-corrected chi connectivity index (χ1v) is 9.83. The molecule has 0 aromatic heterocycles. The summed E-state index contributed by atoms with van der Waals surface area (Å²) in [5, 5.41) is 0. The topological polar surface area (TPSA) is 13.0 Å². The molecule has 154 valence electrons. The summed E-state index contributed by atoms with van der Waals surface area (Å²) in [4.78, 5) is 8.18. The summed E-state index contributed by atoms with van der Waals surface area (Å²) in [6, 6.07) is 0.768. The van der Waals surface area contributed by atoms with E-state index in [1.54, 1.807) is 23.9 Å². The van der Waals surface area contributed by atoms with E-state index in [4.69, 9.17) is 0 Å². The lowest BCUT2D eigenvalue weighted by atomic mass is 10.2. The molecule has 0 saturated carbocycles. The number of hydrogen-bond acceptors (Lipinski definition) is 4. The molecule has 2 saturated heterocycles. The number of hydrogen-bond donors (Lipinski definition) is 0. The van der Waals surface area contributed by atoms with Crippen LogP contribution in [0.1, 0.15) is 41.0 Å². The summed E-state index contributed by atoms with van der Waals surface area (Å²) in [5.74, 6) is -2.54. The van der Waals surface area contributed by atoms with E-state index in [-0.39, 0.29) is 13.1 Å². The van der Waals surface area contributed by atoms with Crippen molar-refractivity contribution in [2.75, 3.05) is 74.0 Å². The van der Waals surface area contributed by atoms with Gasteiger partial charge in [0, 0.05) is 32.2 Å². The van der Waals surface area contributed by atoms with Gasteiger partial charge in [0.2, 0.25) is 0 Å². The number of nitrogens with zero attached hydrogens (tertiary/aromatic N) is 4. The van der Waals surface area contributed by atoms with Crippen molar-refractivity contribution in [3.05, 3.63) is 0 Å². The molecule has 0 radical (unpaired) electrons. The Morgan fingerprint density at radius 2 is 1.08 bits per heavy atom. The molecule has 0 aromatic carbocycles. The highest BCUT2D eigenvalue weighted by molar-refractivity contribution is 4.78. The third-order valence-electron chi connectivity index (χ3n) is 4.38. The lowest BCUT2D eigenvalue weighted by Gasteiger charge is -2.20. The van der Waals surface area contributed by atoms with Crippen molar-refractivity contribution in [2.24, 2.45) is 0 Å². The van der Waals surface area contributed by atoms with Crippen LogP contribution in [0.15, 0.2) is 0 Å². The standard InChI is InChI=1S/C8H18N2.C7H14F2N2.2C2H6/c1-8-4-5-9(2)6-7-10(8)3;1-10-3-4-11(2)6-7(8,9)5-10;2*1-2/h8H,4-7H2,1-3H3;3-6H2,1-2H3;2*1-2H3. The van der Waals surface area contributed by atoms with Gasteiger partial charge in [-0.25, -0.2) is 8.78 Å². The molecular formula is C19H44F2N4. The molecule has 0 spiro atoms. The zero-order valence-corrected chi connectivity index (χ0v) is 18.3. The Balaban J connectivity index is 0. The van der Waals surface area contributed by atoms with Gasteiger partial charge in [-0.3, -0.25) is 9.80 Å². The van der Waals surface area contributed by atoms with Gasteiger partial charge in [-0.05, 0) is 48.1 Å². The molecule has 1 atom stereocenters. The quantitative estimate of drug-likeness (QED) is 0.653. The first-order chi connectivity index (χ1) is 11.7. The normalized spacial score (nSPS) is 25.8. The minimum absolute atomic E-state index is 0.114. The zero-order valence-electron chi connectivity index (χ0n) is 18.3. The molecular weight excluding hydrogens is 322 g/mol. The van der Waals surface area contributed by atoms with Crippen LogP contribution in [0.25, 0.3) is 0 Å². The first-order valence-electron chi connectivity index (χ1n) is 9.83. The maximum atomic E-state index is 12.9. The molecule has 4 nitrogen and oxygen atoms in total. The second-order valence-electron chi connectivity index (χ2n) is 6.75. The predicted octanol–water partition coefficient (Wildman–Crippen LogP) is 3.19. The van der Waals surface area contributed by atoms with Crippen LogP contribution in [0.2, 0.25) is 0 Å². The van der Waals surface area contributed by atoms with Crippen LogP contribution >= 0.6 is 0 Å². The van der Waals surface area contributed by atoms with Crippen molar-refractivity contribution < 1.29 is 8.78 Å². The fourth-order valence-electron chi connectivity index (χ4n) is 2.63. The Labute approximate surface area is 156 Å². The predicted molar refractivity (Wildman–Crippen MR) is 107 cm³/mol. The molecule has 2 aliphatic heterocycles. The zero-order chi connectivity index (χ0) is 20.0. The van der Waals surface area contributed by atoms with Crippen LogP contribution in [0, 0.1) is 0 Å². The molecule has 0 bridgehead atoms. The van der Waals surface area contributed by atoms with Crippen LogP contribution in [-0.4, -0.2) is 106 Å². The van der Waals surface area contributed by atoms with Gasteiger partial charge in [-0.1, -0.05) is 27.7 Å². The SMILES string of the molecule is CC.CC.CC1CCN(C)CCN1C.CN1CCN(C)CC(F)(F)C1. The molecule has 1 unspecified atom stereocenters. The van der Waals surface area contributed by atoms with Gasteiger partial charge in [0.25, 0.3) is 5.92 Å². The van der Waals surface area contributed by atoms with Crippen LogP contribution in [-0.2, 0) is 0 Å². The summed E-state index contributed by atoms with van der Waals surface area (Å²) in [7, 11) is 7.87. The molecule has 2 rings (SSSR count). The van der Waals surface area contributed by atoms with E-state index in [0.717, 1.165) is 19.1 Å². The first kappa shape index (κ1) is 26.9. The minimum atomic E-state index is -2.54. The van der Waals surface area contributed by atoms with E-state index in [0.29, 0.717) is 0 Å². The van der Waals surface area contributed by atoms with Gasteiger partial charge in [-0.15, -0.1) is 0 Å². The monoisotopic (exact) mass is 366 g/mol. The smallest absolute Gasteiger partial charge is 0.272 e. The summed E-state index contributed by atoms with van der Waals surface area (Å²) >= 11 is 0. The van der Waals surface area contributed by atoms with E-state index in [9.17, 15) is 8.78 Å². The van der Waals surface area contributed by atoms with Gasteiger partial charge in [0.15, 0.2) is 0 Å². The second-order valence-corrected chi connectivity index (χ2v) is 6.75. The lowest BCUT2D eigenvalue weighted by molar-refractivity contribution is -0.0303. The van der Waals surface area contributed by atoms with E-state index in [1.807, 2.05) is 27.7 Å².